The van der Waals surface area contributed by atoms with Crippen LogP contribution in [0.1, 0.15) is 20.8 Å². The van der Waals surface area contributed by atoms with E-state index in [4.69, 9.17) is 21.1 Å². The van der Waals surface area contributed by atoms with E-state index in [-0.39, 0.29) is 0 Å². The first-order chi connectivity index (χ1) is 9.83. The van der Waals surface area contributed by atoms with Crippen molar-refractivity contribution in [1.82, 2.24) is 4.98 Å². The quantitative estimate of drug-likeness (QED) is 0.868. The van der Waals surface area contributed by atoms with Gasteiger partial charge in [-0.05, 0) is 32.9 Å². The zero-order valence-corrected chi connectivity index (χ0v) is 13.4. The van der Waals surface area contributed by atoms with E-state index in [1.807, 2.05) is 5.38 Å². The van der Waals surface area contributed by atoms with Crippen molar-refractivity contribution in [2.75, 3.05) is 5.32 Å². The lowest BCUT2D eigenvalue weighted by Gasteiger charge is -2.20. The Morgan fingerprint density at radius 3 is 2.71 bits per heavy atom. The highest BCUT2D eigenvalue weighted by Gasteiger charge is 2.17. The van der Waals surface area contributed by atoms with E-state index in [1.54, 1.807) is 45.2 Å². The lowest BCUT2D eigenvalue weighted by atomic mass is 10.2. The molecule has 1 N–H and O–H groups in total. The predicted octanol–water partition coefficient (Wildman–Crippen LogP) is 4.94. The van der Waals surface area contributed by atoms with Crippen LogP contribution in [0.25, 0.3) is 0 Å². The Balaban J connectivity index is 2.04. The summed E-state index contributed by atoms with van der Waals surface area (Å²) in [5.41, 5.74) is -0.109. The summed E-state index contributed by atoms with van der Waals surface area (Å²) in [4.78, 5) is 15.7. The maximum absolute atomic E-state index is 11.7. The number of carbonyl (C=O) groups is 1. The number of rotatable bonds is 3. The Bertz CT molecular complexity index is 624. The summed E-state index contributed by atoms with van der Waals surface area (Å²) in [7, 11) is 0. The molecule has 0 spiro atoms. The Morgan fingerprint density at radius 2 is 2.14 bits per heavy atom. The average molecular weight is 327 g/mol. The van der Waals surface area contributed by atoms with Crippen LogP contribution in [-0.2, 0) is 4.74 Å². The average Bonchev–Trinajstić information content (AvgIpc) is 2.83. The second kappa shape index (κ2) is 6.32. The van der Waals surface area contributed by atoms with Gasteiger partial charge in [0.05, 0.1) is 10.7 Å². The predicted molar refractivity (Wildman–Crippen MR) is 83.5 cm³/mol. The maximum atomic E-state index is 11.7. The molecule has 1 aromatic carbocycles. The monoisotopic (exact) mass is 326 g/mol. The summed E-state index contributed by atoms with van der Waals surface area (Å²) in [6.45, 7) is 5.37. The van der Waals surface area contributed by atoms with Gasteiger partial charge in [-0.3, -0.25) is 5.32 Å². The molecule has 7 heteroatoms. The molecule has 0 unspecified atom stereocenters. The number of anilines is 1. The van der Waals surface area contributed by atoms with Crippen molar-refractivity contribution in [2.45, 2.75) is 26.4 Å². The van der Waals surface area contributed by atoms with Gasteiger partial charge < -0.3 is 9.47 Å². The van der Waals surface area contributed by atoms with Crippen molar-refractivity contribution in [2.24, 2.45) is 0 Å². The molecule has 1 amide bonds. The van der Waals surface area contributed by atoms with Gasteiger partial charge in [-0.15, -0.1) is 0 Å². The van der Waals surface area contributed by atoms with Crippen LogP contribution in [0.4, 0.5) is 10.5 Å². The van der Waals surface area contributed by atoms with Crippen LogP contribution in [0.2, 0.25) is 5.02 Å². The minimum absolute atomic E-state index is 0.356. The van der Waals surface area contributed by atoms with Gasteiger partial charge in [0, 0.05) is 17.6 Å². The van der Waals surface area contributed by atoms with Gasteiger partial charge in [0.25, 0.3) is 5.19 Å². The molecule has 112 valence electrons. The highest BCUT2D eigenvalue weighted by atomic mass is 35.5. The van der Waals surface area contributed by atoms with Crippen molar-refractivity contribution in [3.05, 3.63) is 34.8 Å². The Kier molecular flexibility index (Phi) is 4.69. The highest BCUT2D eigenvalue weighted by molar-refractivity contribution is 7.11. The van der Waals surface area contributed by atoms with Crippen LogP contribution in [0.5, 0.6) is 10.9 Å². The van der Waals surface area contributed by atoms with Crippen LogP contribution < -0.4 is 10.1 Å². The number of hydrogen-bond acceptors (Lipinski definition) is 5. The first-order valence-corrected chi connectivity index (χ1v) is 7.46. The van der Waals surface area contributed by atoms with E-state index >= 15 is 0 Å². The summed E-state index contributed by atoms with van der Waals surface area (Å²) in [5, 5.41) is 5.29. The standard InChI is InChI=1S/C14H15ClN2O3S/c1-14(2,3)20-12(18)17-11-5-4-9(8-10(11)15)19-13-16-6-7-21-13/h4-8H,1-3H3,(H,17,18). The molecular weight excluding hydrogens is 312 g/mol. The fraction of sp³-hybridized carbons (Fsp3) is 0.286. The fourth-order valence-electron chi connectivity index (χ4n) is 1.44. The number of ether oxygens (including phenoxy) is 2. The van der Waals surface area contributed by atoms with Gasteiger partial charge in [0.2, 0.25) is 0 Å². The maximum Gasteiger partial charge on any atom is 0.412 e. The first-order valence-electron chi connectivity index (χ1n) is 6.20. The van der Waals surface area contributed by atoms with Crippen LogP contribution in [-0.4, -0.2) is 16.7 Å². The molecule has 0 saturated carbocycles. The van der Waals surface area contributed by atoms with Crippen LogP contribution in [0, 0.1) is 0 Å². The molecule has 0 fully saturated rings. The molecule has 1 heterocycles. The van der Waals surface area contributed by atoms with E-state index in [0.29, 0.717) is 21.7 Å². The topological polar surface area (TPSA) is 60.5 Å². The third-order valence-electron chi connectivity index (χ3n) is 2.19. The number of amides is 1. The molecule has 0 aliphatic carbocycles. The zero-order chi connectivity index (χ0) is 15.5. The molecule has 0 aliphatic heterocycles. The largest absolute Gasteiger partial charge is 0.444 e. The molecule has 21 heavy (non-hydrogen) atoms. The molecule has 0 aliphatic rings. The number of carbonyl (C=O) groups excluding carboxylic acids is 1. The van der Waals surface area contributed by atoms with Crippen molar-refractivity contribution in [1.29, 1.82) is 0 Å². The van der Waals surface area contributed by atoms with Gasteiger partial charge in [0.1, 0.15) is 11.4 Å². The van der Waals surface area contributed by atoms with E-state index in [2.05, 4.69) is 10.3 Å². The number of thiazole rings is 1. The number of aromatic nitrogens is 1. The summed E-state index contributed by atoms with van der Waals surface area (Å²) < 4.78 is 10.7. The van der Waals surface area contributed by atoms with Gasteiger partial charge in [-0.2, -0.15) is 0 Å². The smallest absolute Gasteiger partial charge is 0.412 e. The lowest BCUT2D eigenvalue weighted by Crippen LogP contribution is -2.27. The van der Waals surface area contributed by atoms with Gasteiger partial charge >= 0.3 is 6.09 Å². The van der Waals surface area contributed by atoms with E-state index in [1.165, 1.54) is 11.3 Å². The summed E-state index contributed by atoms with van der Waals surface area (Å²) in [6, 6.07) is 4.95. The molecule has 2 rings (SSSR count). The Hall–Kier alpha value is -1.79. The van der Waals surface area contributed by atoms with Crippen LogP contribution in [0.15, 0.2) is 29.8 Å². The lowest BCUT2D eigenvalue weighted by molar-refractivity contribution is 0.0636. The highest BCUT2D eigenvalue weighted by Crippen LogP contribution is 2.30. The van der Waals surface area contributed by atoms with Gasteiger partial charge in [-0.25, -0.2) is 9.78 Å². The number of halogens is 1. The molecule has 0 radical (unpaired) electrons. The fourth-order valence-corrected chi connectivity index (χ4v) is 2.16. The van der Waals surface area contributed by atoms with Gasteiger partial charge in [0.15, 0.2) is 0 Å². The van der Waals surface area contributed by atoms with E-state index in [9.17, 15) is 4.79 Å². The van der Waals surface area contributed by atoms with Crippen LogP contribution in [0.3, 0.4) is 0 Å². The third kappa shape index (κ3) is 4.91. The third-order valence-corrected chi connectivity index (χ3v) is 3.15. The van der Waals surface area contributed by atoms with Gasteiger partial charge in [-0.1, -0.05) is 22.9 Å². The number of nitrogens with zero attached hydrogens (tertiary/aromatic N) is 1. The first kappa shape index (κ1) is 15.6. The summed E-state index contributed by atoms with van der Waals surface area (Å²) >= 11 is 7.50. The van der Waals surface area contributed by atoms with E-state index < -0.39 is 11.7 Å². The number of hydrogen-bond donors (Lipinski definition) is 1. The second-order valence-electron chi connectivity index (χ2n) is 5.17. The molecular formula is C14H15ClN2O3S. The minimum atomic E-state index is -0.565. The van der Waals surface area contributed by atoms with E-state index in [0.717, 1.165) is 0 Å². The van der Waals surface area contributed by atoms with Crippen molar-refractivity contribution in [3.8, 4) is 10.9 Å². The summed E-state index contributed by atoms with van der Waals surface area (Å²) in [6.07, 6.45) is 1.10. The number of benzene rings is 1. The molecule has 5 nitrogen and oxygen atoms in total. The van der Waals surface area contributed by atoms with Crippen molar-refractivity contribution >= 4 is 34.7 Å². The molecule has 1 aromatic heterocycles. The SMILES string of the molecule is CC(C)(C)OC(=O)Nc1ccc(Oc2nccs2)cc1Cl. The molecule has 0 bridgehead atoms. The molecule has 0 saturated heterocycles. The van der Waals surface area contributed by atoms with Crippen molar-refractivity contribution < 1.29 is 14.3 Å². The normalized spacial score (nSPS) is 11.0. The number of nitrogens with one attached hydrogen (secondary N) is 1. The Labute approximate surface area is 131 Å². The minimum Gasteiger partial charge on any atom is -0.444 e. The second-order valence-corrected chi connectivity index (χ2v) is 6.43. The Morgan fingerprint density at radius 1 is 1.38 bits per heavy atom. The summed E-state index contributed by atoms with van der Waals surface area (Å²) in [5.74, 6) is 0.546. The zero-order valence-electron chi connectivity index (χ0n) is 11.8. The molecule has 2 aromatic rings. The molecule has 0 atom stereocenters. The van der Waals surface area contributed by atoms with Crippen molar-refractivity contribution in [3.63, 3.8) is 0 Å². The van der Waals surface area contributed by atoms with Crippen LogP contribution >= 0.6 is 22.9 Å².